The Morgan fingerprint density at radius 3 is 2.77 bits per heavy atom. The lowest BCUT2D eigenvalue weighted by molar-refractivity contribution is -0.0642. The van der Waals surface area contributed by atoms with Gasteiger partial charge in [0.1, 0.15) is 11.6 Å². The molecule has 5 rings (SSSR count). The van der Waals surface area contributed by atoms with Gasteiger partial charge in [-0.2, -0.15) is 0 Å². The highest BCUT2D eigenvalue weighted by molar-refractivity contribution is 5.49. The third-order valence-electron chi connectivity index (χ3n) is 6.47. The monoisotopic (exact) mass is 352 g/mol. The standard InChI is InChI=1S/C21H24N2O3/c24-19-15-6-2-1-5-14(15)13-18(22-19)23-11-9-21(10-12-23)16-7-3-4-8-17(16)26-20(21)25/h3-4,7-8,13,20,25H,1-2,5-6,9-12H2,(H,22,24). The molecule has 5 heteroatoms. The van der Waals surface area contributed by atoms with Crippen LogP contribution in [0.2, 0.25) is 0 Å². The van der Waals surface area contributed by atoms with Crippen molar-refractivity contribution in [3.05, 3.63) is 57.4 Å². The summed E-state index contributed by atoms with van der Waals surface area (Å²) in [5.41, 5.74) is 3.05. The number of ether oxygens (including phenoxy) is 1. The zero-order valence-corrected chi connectivity index (χ0v) is 14.8. The van der Waals surface area contributed by atoms with Crippen LogP contribution < -0.4 is 15.2 Å². The molecule has 0 radical (unpaired) electrons. The third-order valence-corrected chi connectivity index (χ3v) is 6.47. The number of para-hydroxylation sites is 1. The first kappa shape index (κ1) is 15.9. The number of benzene rings is 1. The molecule has 136 valence electrons. The SMILES string of the molecule is O=c1[nH]c(N2CCC3(CC2)c2ccccc2OC3O)cc2c1CCCC2. The number of aryl methyl sites for hydroxylation is 1. The lowest BCUT2D eigenvalue weighted by Gasteiger charge is -2.41. The Morgan fingerprint density at radius 1 is 1.15 bits per heavy atom. The van der Waals surface area contributed by atoms with Crippen molar-refractivity contribution in [2.75, 3.05) is 18.0 Å². The van der Waals surface area contributed by atoms with E-state index in [-0.39, 0.29) is 11.0 Å². The summed E-state index contributed by atoms with van der Waals surface area (Å²) in [5.74, 6) is 1.72. The van der Waals surface area contributed by atoms with E-state index in [4.69, 9.17) is 4.74 Å². The maximum absolute atomic E-state index is 12.5. The number of nitrogens with one attached hydrogen (secondary N) is 1. The van der Waals surface area contributed by atoms with Gasteiger partial charge in [-0.15, -0.1) is 0 Å². The number of anilines is 1. The fourth-order valence-electron chi connectivity index (χ4n) is 4.92. The summed E-state index contributed by atoms with van der Waals surface area (Å²) in [6, 6.07) is 10.1. The molecule has 3 heterocycles. The number of H-pyrrole nitrogens is 1. The van der Waals surface area contributed by atoms with E-state index in [1.54, 1.807) is 0 Å². The van der Waals surface area contributed by atoms with Crippen molar-refractivity contribution < 1.29 is 9.84 Å². The zero-order chi connectivity index (χ0) is 17.7. The topological polar surface area (TPSA) is 65.6 Å². The van der Waals surface area contributed by atoms with Gasteiger partial charge in [-0.3, -0.25) is 4.79 Å². The predicted molar refractivity (Wildman–Crippen MR) is 99.9 cm³/mol. The number of rotatable bonds is 1. The molecular formula is C21H24N2O3. The van der Waals surface area contributed by atoms with Crippen LogP contribution in [0.5, 0.6) is 5.75 Å². The predicted octanol–water partition coefficient (Wildman–Crippen LogP) is 2.50. The van der Waals surface area contributed by atoms with Crippen LogP contribution in [0.3, 0.4) is 0 Å². The van der Waals surface area contributed by atoms with Gasteiger partial charge in [-0.1, -0.05) is 18.2 Å². The fraction of sp³-hybridized carbons (Fsp3) is 0.476. The Morgan fingerprint density at radius 2 is 1.92 bits per heavy atom. The van der Waals surface area contributed by atoms with Gasteiger partial charge >= 0.3 is 0 Å². The van der Waals surface area contributed by atoms with Crippen molar-refractivity contribution in [3.63, 3.8) is 0 Å². The smallest absolute Gasteiger partial charge is 0.252 e. The third kappa shape index (κ3) is 2.30. The summed E-state index contributed by atoms with van der Waals surface area (Å²) in [7, 11) is 0. The van der Waals surface area contributed by atoms with Gasteiger partial charge in [0.2, 0.25) is 6.29 Å². The van der Waals surface area contributed by atoms with Crippen LogP contribution in [0.15, 0.2) is 35.1 Å². The number of piperidine rings is 1. The number of pyridine rings is 1. The first-order valence-electron chi connectivity index (χ1n) is 9.62. The van der Waals surface area contributed by atoms with E-state index in [1.165, 1.54) is 12.0 Å². The summed E-state index contributed by atoms with van der Waals surface area (Å²) in [5, 5.41) is 10.6. The molecule has 2 N–H and O–H groups in total. The molecule has 1 aliphatic carbocycles. The Balaban J connectivity index is 1.42. The Hall–Kier alpha value is -2.27. The van der Waals surface area contributed by atoms with Crippen LogP contribution in [0.1, 0.15) is 42.4 Å². The van der Waals surface area contributed by atoms with E-state index in [9.17, 15) is 9.90 Å². The molecule has 2 aliphatic heterocycles. The molecule has 1 saturated heterocycles. The summed E-state index contributed by atoms with van der Waals surface area (Å²) < 4.78 is 5.71. The minimum atomic E-state index is -0.787. The number of aliphatic hydroxyl groups is 1. The number of hydrogen-bond donors (Lipinski definition) is 2. The molecule has 26 heavy (non-hydrogen) atoms. The molecule has 0 saturated carbocycles. The molecule has 2 aromatic rings. The van der Waals surface area contributed by atoms with E-state index in [1.807, 2.05) is 18.2 Å². The second-order valence-electron chi connectivity index (χ2n) is 7.80. The van der Waals surface area contributed by atoms with Crippen LogP contribution in [-0.4, -0.2) is 29.5 Å². The normalized spacial score (nSPS) is 23.4. The molecule has 1 unspecified atom stereocenters. The Labute approximate surface area is 152 Å². The van der Waals surface area contributed by atoms with Crippen LogP contribution in [-0.2, 0) is 18.3 Å². The van der Waals surface area contributed by atoms with Gasteiger partial charge in [0.05, 0.1) is 5.41 Å². The van der Waals surface area contributed by atoms with Gasteiger partial charge in [0, 0.05) is 24.2 Å². The lowest BCUT2D eigenvalue weighted by atomic mass is 9.73. The zero-order valence-electron chi connectivity index (χ0n) is 14.8. The summed E-state index contributed by atoms with van der Waals surface area (Å²) >= 11 is 0. The van der Waals surface area contributed by atoms with E-state index in [0.29, 0.717) is 0 Å². The molecule has 1 aromatic heterocycles. The van der Waals surface area contributed by atoms with Crippen LogP contribution in [0, 0.1) is 0 Å². The van der Waals surface area contributed by atoms with E-state index >= 15 is 0 Å². The van der Waals surface area contributed by atoms with Crippen LogP contribution in [0.4, 0.5) is 5.82 Å². The maximum Gasteiger partial charge on any atom is 0.252 e. The molecule has 0 amide bonds. The number of hydrogen-bond acceptors (Lipinski definition) is 4. The highest BCUT2D eigenvalue weighted by Gasteiger charge is 2.49. The van der Waals surface area contributed by atoms with Gasteiger partial charge in [0.15, 0.2) is 0 Å². The van der Waals surface area contributed by atoms with Gasteiger partial charge < -0.3 is 19.7 Å². The van der Waals surface area contributed by atoms with Crippen molar-refractivity contribution in [3.8, 4) is 5.75 Å². The molecule has 1 fully saturated rings. The highest BCUT2D eigenvalue weighted by atomic mass is 16.6. The second-order valence-corrected chi connectivity index (χ2v) is 7.80. The van der Waals surface area contributed by atoms with E-state index in [2.05, 4.69) is 22.0 Å². The Bertz CT molecular complexity index is 896. The molecule has 1 aromatic carbocycles. The molecule has 3 aliphatic rings. The number of fused-ring (bicyclic) bond motifs is 3. The van der Waals surface area contributed by atoms with E-state index < -0.39 is 6.29 Å². The number of aromatic nitrogens is 1. The molecule has 1 atom stereocenters. The van der Waals surface area contributed by atoms with Gasteiger partial charge in [0.25, 0.3) is 5.56 Å². The molecule has 0 bridgehead atoms. The van der Waals surface area contributed by atoms with Crippen molar-refractivity contribution in [2.45, 2.75) is 50.2 Å². The maximum atomic E-state index is 12.5. The lowest BCUT2D eigenvalue weighted by Crippen LogP contribution is -2.48. The highest BCUT2D eigenvalue weighted by Crippen LogP contribution is 2.48. The number of aliphatic hydroxyl groups excluding tert-OH is 1. The average Bonchev–Trinajstić information content (AvgIpc) is 2.94. The summed E-state index contributed by atoms with van der Waals surface area (Å²) in [6.07, 6.45) is 5.01. The number of nitrogens with zero attached hydrogens (tertiary/aromatic N) is 1. The van der Waals surface area contributed by atoms with Gasteiger partial charge in [-0.25, -0.2) is 0 Å². The molecule has 5 nitrogen and oxygen atoms in total. The fourth-order valence-corrected chi connectivity index (χ4v) is 4.92. The minimum Gasteiger partial charge on any atom is -0.464 e. The summed E-state index contributed by atoms with van der Waals surface area (Å²) in [6.45, 7) is 1.59. The first-order valence-corrected chi connectivity index (χ1v) is 9.62. The van der Waals surface area contributed by atoms with Crippen LogP contribution in [0.25, 0.3) is 0 Å². The first-order chi connectivity index (χ1) is 12.7. The Kier molecular flexibility index (Phi) is 3.60. The average molecular weight is 352 g/mol. The van der Waals surface area contributed by atoms with E-state index in [0.717, 1.165) is 67.9 Å². The quantitative estimate of drug-likeness (QED) is 0.828. The number of aromatic amines is 1. The van der Waals surface area contributed by atoms with Crippen molar-refractivity contribution >= 4 is 5.82 Å². The van der Waals surface area contributed by atoms with Crippen molar-refractivity contribution in [1.29, 1.82) is 0 Å². The van der Waals surface area contributed by atoms with Crippen molar-refractivity contribution in [2.24, 2.45) is 0 Å². The second kappa shape index (κ2) is 5.88. The van der Waals surface area contributed by atoms with Crippen LogP contribution >= 0.6 is 0 Å². The van der Waals surface area contributed by atoms with Crippen molar-refractivity contribution in [1.82, 2.24) is 4.98 Å². The molecular weight excluding hydrogens is 328 g/mol. The minimum absolute atomic E-state index is 0.0760. The molecule has 1 spiro atoms. The largest absolute Gasteiger partial charge is 0.464 e. The van der Waals surface area contributed by atoms with Gasteiger partial charge in [-0.05, 0) is 56.2 Å². The summed E-state index contributed by atoms with van der Waals surface area (Å²) in [4.78, 5) is 17.8.